The maximum atomic E-state index is 14.7. The number of anilines is 1. The van der Waals surface area contributed by atoms with Crippen molar-refractivity contribution in [3.8, 4) is 5.75 Å². The van der Waals surface area contributed by atoms with Crippen LogP contribution in [0.3, 0.4) is 0 Å². The van der Waals surface area contributed by atoms with Crippen molar-refractivity contribution in [1.29, 1.82) is 0 Å². The summed E-state index contributed by atoms with van der Waals surface area (Å²) >= 11 is 1.42. The van der Waals surface area contributed by atoms with Crippen molar-refractivity contribution in [2.75, 3.05) is 26.1 Å². The first kappa shape index (κ1) is 20.9. The van der Waals surface area contributed by atoms with Gasteiger partial charge in [-0.2, -0.15) is 0 Å². The predicted molar refractivity (Wildman–Crippen MR) is 116 cm³/mol. The van der Waals surface area contributed by atoms with Gasteiger partial charge in [-0.1, -0.05) is 23.4 Å². The van der Waals surface area contributed by atoms with E-state index in [2.05, 4.69) is 21.1 Å². The summed E-state index contributed by atoms with van der Waals surface area (Å²) in [6.45, 7) is 0.163. The zero-order chi connectivity index (χ0) is 22.0. The maximum absolute atomic E-state index is 14.7. The van der Waals surface area contributed by atoms with Crippen LogP contribution < -0.4 is 20.7 Å². The van der Waals surface area contributed by atoms with Crippen LogP contribution in [0.5, 0.6) is 5.75 Å². The summed E-state index contributed by atoms with van der Waals surface area (Å²) in [5.41, 5.74) is -0.165. The molecule has 3 N–H and O–H groups in total. The lowest BCUT2D eigenvalue weighted by molar-refractivity contribution is 0.210. The number of nitrogens with one attached hydrogen (secondary N) is 3. The summed E-state index contributed by atoms with van der Waals surface area (Å²) in [6, 6.07) is 10.5. The minimum Gasteiger partial charge on any atom is -0.497 e. The fraction of sp³-hybridized carbons (Fsp3) is 0.238. The molecule has 10 heteroatoms. The van der Waals surface area contributed by atoms with Crippen LogP contribution in [-0.4, -0.2) is 38.7 Å². The van der Waals surface area contributed by atoms with Crippen LogP contribution in [-0.2, 0) is 4.84 Å². The Morgan fingerprint density at radius 2 is 1.94 bits per heavy atom. The molecule has 0 unspecified atom stereocenters. The van der Waals surface area contributed by atoms with Gasteiger partial charge in [-0.15, -0.1) is 11.3 Å². The molecular formula is C21H20F2N4O3S. The molecule has 3 aromatic rings. The molecule has 1 aliphatic rings. The molecule has 1 aliphatic heterocycles. The van der Waals surface area contributed by atoms with Crippen molar-refractivity contribution >= 4 is 38.3 Å². The molecule has 2 amide bonds. The van der Waals surface area contributed by atoms with E-state index in [1.165, 1.54) is 25.6 Å². The molecule has 4 rings (SSSR count). The average molecular weight is 446 g/mol. The van der Waals surface area contributed by atoms with Gasteiger partial charge in [-0.05, 0) is 17.5 Å². The van der Waals surface area contributed by atoms with E-state index in [4.69, 9.17) is 9.57 Å². The van der Waals surface area contributed by atoms with E-state index in [0.29, 0.717) is 5.00 Å². The number of amidine groups is 1. The molecule has 0 bridgehead atoms. The molecule has 0 saturated carbocycles. The van der Waals surface area contributed by atoms with Gasteiger partial charge < -0.3 is 20.2 Å². The van der Waals surface area contributed by atoms with Crippen LogP contribution in [0.1, 0.15) is 11.5 Å². The van der Waals surface area contributed by atoms with Crippen molar-refractivity contribution in [2.45, 2.75) is 12.0 Å². The molecule has 1 fully saturated rings. The summed E-state index contributed by atoms with van der Waals surface area (Å²) in [6.07, 6.45) is 0. The van der Waals surface area contributed by atoms with Gasteiger partial charge >= 0.3 is 6.03 Å². The first-order chi connectivity index (χ1) is 15.0. The molecule has 2 atom stereocenters. The van der Waals surface area contributed by atoms with E-state index < -0.39 is 29.6 Å². The maximum Gasteiger partial charge on any atom is 0.320 e. The molecule has 1 saturated heterocycles. The highest BCUT2D eigenvalue weighted by atomic mass is 32.1. The number of fused-ring (bicyclic) bond motifs is 1. The van der Waals surface area contributed by atoms with Gasteiger partial charge in [0, 0.05) is 34.9 Å². The average Bonchev–Trinajstić information content (AvgIpc) is 3.31. The third-order valence-electron chi connectivity index (χ3n) is 5.00. The number of ether oxygens (including phenoxy) is 1. The van der Waals surface area contributed by atoms with Gasteiger partial charge in [0.05, 0.1) is 12.1 Å². The number of benzene rings is 2. The Hall–Kier alpha value is -3.40. The van der Waals surface area contributed by atoms with E-state index in [-0.39, 0.29) is 23.7 Å². The summed E-state index contributed by atoms with van der Waals surface area (Å²) < 4.78 is 35.3. The van der Waals surface area contributed by atoms with Crippen molar-refractivity contribution in [3.63, 3.8) is 0 Å². The number of thiophene rings is 1. The Morgan fingerprint density at radius 3 is 2.61 bits per heavy atom. The Kier molecular flexibility index (Phi) is 5.90. The lowest BCUT2D eigenvalue weighted by Crippen LogP contribution is -2.45. The van der Waals surface area contributed by atoms with Gasteiger partial charge in [0.15, 0.2) is 5.84 Å². The third kappa shape index (κ3) is 4.24. The normalized spacial score (nSPS) is 19.3. The SMILES string of the molecule is CO/N=C1\NC[C@@H](c2c(F)cc(OC)cc2F)[C@@H]1NC(=O)Nc1cc2ccccc2s1. The highest BCUT2D eigenvalue weighted by molar-refractivity contribution is 7.22. The van der Waals surface area contributed by atoms with Gasteiger partial charge in [0.25, 0.3) is 0 Å². The van der Waals surface area contributed by atoms with Crippen LogP contribution >= 0.6 is 11.3 Å². The second kappa shape index (κ2) is 8.76. The quantitative estimate of drug-likeness (QED) is 0.517. The molecule has 1 aromatic heterocycles. The topological polar surface area (TPSA) is 84.0 Å². The van der Waals surface area contributed by atoms with Gasteiger partial charge in [0.2, 0.25) is 0 Å². The molecule has 2 heterocycles. The number of oxime groups is 1. The highest BCUT2D eigenvalue weighted by Crippen LogP contribution is 2.32. The number of nitrogens with zero attached hydrogens (tertiary/aromatic N) is 1. The first-order valence-electron chi connectivity index (χ1n) is 9.44. The number of rotatable bonds is 5. The van der Waals surface area contributed by atoms with Crippen molar-refractivity contribution in [3.05, 3.63) is 59.7 Å². The number of halogens is 2. The summed E-state index contributed by atoms with van der Waals surface area (Å²) in [4.78, 5) is 17.5. The van der Waals surface area contributed by atoms with Crippen molar-refractivity contribution in [2.24, 2.45) is 5.16 Å². The number of amides is 2. The second-order valence-corrected chi connectivity index (χ2v) is 7.96. The van der Waals surface area contributed by atoms with Crippen LogP contribution in [0.4, 0.5) is 18.6 Å². The van der Waals surface area contributed by atoms with E-state index in [0.717, 1.165) is 22.2 Å². The van der Waals surface area contributed by atoms with Crippen LogP contribution in [0.15, 0.2) is 47.6 Å². The number of carbonyl (C=O) groups excluding carboxylic acids is 1. The van der Waals surface area contributed by atoms with Gasteiger partial charge in [0.1, 0.15) is 30.5 Å². The van der Waals surface area contributed by atoms with Crippen LogP contribution in [0, 0.1) is 11.6 Å². The van der Waals surface area contributed by atoms with E-state index >= 15 is 0 Å². The molecule has 7 nitrogen and oxygen atoms in total. The fourth-order valence-electron chi connectivity index (χ4n) is 3.62. The summed E-state index contributed by atoms with van der Waals surface area (Å²) in [5.74, 6) is -1.93. The lowest BCUT2D eigenvalue weighted by atomic mass is 9.92. The first-order valence-corrected chi connectivity index (χ1v) is 10.3. The molecule has 2 aromatic carbocycles. The predicted octanol–water partition coefficient (Wildman–Crippen LogP) is 4.03. The molecule has 0 aliphatic carbocycles. The second-order valence-electron chi connectivity index (χ2n) is 6.88. The zero-order valence-corrected chi connectivity index (χ0v) is 17.6. The number of carbonyl (C=O) groups is 1. The molecule has 162 valence electrons. The number of methoxy groups -OCH3 is 1. The molecule has 31 heavy (non-hydrogen) atoms. The van der Waals surface area contributed by atoms with Crippen LogP contribution in [0.25, 0.3) is 10.1 Å². The summed E-state index contributed by atoms with van der Waals surface area (Å²) in [7, 11) is 2.68. The number of hydrogen-bond acceptors (Lipinski definition) is 5. The monoisotopic (exact) mass is 446 g/mol. The van der Waals surface area contributed by atoms with E-state index in [9.17, 15) is 13.6 Å². The van der Waals surface area contributed by atoms with E-state index in [1.807, 2.05) is 30.3 Å². The standard InChI is InChI=1S/C21H20F2N4O3S/c1-29-12-8-14(22)18(15(23)9-12)13-10-24-20(27-30-2)19(13)26-21(28)25-17-7-11-5-3-4-6-16(11)31-17/h3-9,13,19H,10H2,1-2H3,(H,24,27)(H2,25,26,28)/t13-,19-/m0/s1. The summed E-state index contributed by atoms with van der Waals surface area (Å²) in [5, 5.41) is 14.0. The molecule has 0 radical (unpaired) electrons. The van der Waals surface area contributed by atoms with E-state index in [1.54, 1.807) is 0 Å². The minimum absolute atomic E-state index is 0.0718. The Morgan fingerprint density at radius 1 is 1.19 bits per heavy atom. The molecule has 0 spiro atoms. The molecular weight excluding hydrogens is 426 g/mol. The van der Waals surface area contributed by atoms with Gasteiger partial charge in [-0.3, -0.25) is 5.32 Å². The van der Waals surface area contributed by atoms with Crippen molar-refractivity contribution in [1.82, 2.24) is 10.6 Å². The zero-order valence-electron chi connectivity index (χ0n) is 16.7. The number of hydrogen-bond donors (Lipinski definition) is 3. The Bertz CT molecular complexity index is 1090. The third-order valence-corrected chi connectivity index (χ3v) is 6.03. The largest absolute Gasteiger partial charge is 0.497 e. The van der Waals surface area contributed by atoms with Crippen molar-refractivity contribution < 1.29 is 23.1 Å². The lowest BCUT2D eigenvalue weighted by Gasteiger charge is -2.21. The highest BCUT2D eigenvalue weighted by Gasteiger charge is 2.39. The Balaban J connectivity index is 1.58. The Labute approximate surface area is 181 Å². The van der Waals surface area contributed by atoms with Gasteiger partial charge in [-0.25, -0.2) is 13.6 Å². The minimum atomic E-state index is -0.827. The fourth-order valence-corrected chi connectivity index (χ4v) is 4.58. The van der Waals surface area contributed by atoms with Crippen LogP contribution in [0.2, 0.25) is 0 Å². The number of urea groups is 1. The smallest absolute Gasteiger partial charge is 0.320 e.